The van der Waals surface area contributed by atoms with Gasteiger partial charge in [-0.1, -0.05) is 30.3 Å². The lowest BCUT2D eigenvalue weighted by molar-refractivity contribution is -0.143. The fourth-order valence-corrected chi connectivity index (χ4v) is 2.51. The Kier molecular flexibility index (Phi) is 5.17. The zero-order chi connectivity index (χ0) is 14.4. The van der Waals surface area contributed by atoms with Crippen LogP contribution in [-0.2, 0) is 15.3 Å². The monoisotopic (exact) mass is 292 g/mol. The van der Waals surface area contributed by atoms with Crippen molar-refractivity contribution in [3.8, 4) is 11.5 Å². The molecule has 5 nitrogen and oxygen atoms in total. The lowest BCUT2D eigenvalue weighted by atomic mass is 10.2. The van der Waals surface area contributed by atoms with Crippen molar-refractivity contribution in [3.05, 3.63) is 36.2 Å². The summed E-state index contributed by atoms with van der Waals surface area (Å²) in [6, 6.07) is 9.62. The van der Waals surface area contributed by atoms with Crippen molar-refractivity contribution in [2.45, 2.75) is 12.7 Å². The van der Waals surface area contributed by atoms with E-state index in [0.717, 1.165) is 5.56 Å². The second-order valence-corrected chi connectivity index (χ2v) is 5.35. The minimum Gasteiger partial charge on any atom is -0.469 e. The molecular weight excluding hydrogens is 276 g/mol. The summed E-state index contributed by atoms with van der Waals surface area (Å²) in [5.41, 5.74) is 0.902. The van der Waals surface area contributed by atoms with E-state index < -0.39 is 0 Å². The number of ether oxygens (including phenoxy) is 1. The molecule has 0 N–H and O–H groups in total. The predicted octanol–water partition coefficient (Wildman–Crippen LogP) is 2.78. The number of hydrogen-bond acceptors (Lipinski definition) is 6. The normalized spacial score (nSPS) is 12.1. The molecule has 106 valence electrons. The van der Waals surface area contributed by atoms with Crippen LogP contribution < -0.4 is 0 Å². The molecule has 0 radical (unpaired) electrons. The van der Waals surface area contributed by atoms with Gasteiger partial charge in [0.15, 0.2) is 5.82 Å². The molecule has 0 spiro atoms. The predicted molar refractivity (Wildman–Crippen MR) is 77.1 cm³/mol. The van der Waals surface area contributed by atoms with E-state index in [-0.39, 0.29) is 11.9 Å². The van der Waals surface area contributed by atoms with Crippen LogP contribution in [0.3, 0.4) is 0 Å². The number of esters is 1. The van der Waals surface area contributed by atoms with Crippen LogP contribution in [0.4, 0.5) is 0 Å². The Morgan fingerprint density at radius 3 is 2.85 bits per heavy atom. The first-order chi connectivity index (χ1) is 9.70. The molecule has 20 heavy (non-hydrogen) atoms. The minimum atomic E-state index is -0.199. The molecule has 2 aromatic rings. The van der Waals surface area contributed by atoms with E-state index in [9.17, 15) is 4.79 Å². The van der Waals surface area contributed by atoms with Crippen LogP contribution in [0.2, 0.25) is 0 Å². The lowest BCUT2D eigenvalue weighted by Crippen LogP contribution is -2.14. The lowest BCUT2D eigenvalue weighted by Gasteiger charge is -2.06. The van der Waals surface area contributed by atoms with Gasteiger partial charge in [-0.3, -0.25) is 4.79 Å². The molecule has 0 aliphatic carbocycles. The van der Waals surface area contributed by atoms with Crippen molar-refractivity contribution >= 4 is 17.7 Å². The Morgan fingerprint density at radius 1 is 1.40 bits per heavy atom. The summed E-state index contributed by atoms with van der Waals surface area (Å²) in [5, 5.41) is 3.93. The second kappa shape index (κ2) is 7.09. The Bertz CT molecular complexity index is 557. The number of rotatable bonds is 6. The van der Waals surface area contributed by atoms with Crippen molar-refractivity contribution in [2.24, 2.45) is 5.92 Å². The molecule has 6 heteroatoms. The van der Waals surface area contributed by atoms with E-state index in [2.05, 4.69) is 14.9 Å². The van der Waals surface area contributed by atoms with Crippen molar-refractivity contribution < 1.29 is 14.1 Å². The van der Waals surface area contributed by atoms with Gasteiger partial charge in [-0.15, -0.1) is 0 Å². The molecule has 1 heterocycles. The number of benzene rings is 1. The SMILES string of the molecule is COC(=O)[C@H](C)CSCc1noc(-c2ccccc2)n1. The number of methoxy groups -OCH3 is 1. The average Bonchev–Trinajstić information content (AvgIpc) is 2.96. The summed E-state index contributed by atoms with van der Waals surface area (Å²) in [6.07, 6.45) is 0. The summed E-state index contributed by atoms with van der Waals surface area (Å²) in [5.74, 6) is 2.09. The van der Waals surface area contributed by atoms with Crippen molar-refractivity contribution in [3.63, 3.8) is 0 Å². The third-order valence-electron chi connectivity index (χ3n) is 2.69. The quantitative estimate of drug-likeness (QED) is 0.763. The Hall–Kier alpha value is -1.82. The second-order valence-electron chi connectivity index (χ2n) is 4.32. The fourth-order valence-electron chi connectivity index (χ4n) is 1.61. The van der Waals surface area contributed by atoms with Crippen LogP contribution in [0.15, 0.2) is 34.9 Å². The van der Waals surface area contributed by atoms with Crippen LogP contribution in [0.25, 0.3) is 11.5 Å². The maximum absolute atomic E-state index is 11.3. The molecule has 0 unspecified atom stereocenters. The van der Waals surface area contributed by atoms with E-state index in [0.29, 0.717) is 23.2 Å². The Labute approximate surface area is 121 Å². The molecule has 1 atom stereocenters. The highest BCUT2D eigenvalue weighted by molar-refractivity contribution is 7.98. The van der Waals surface area contributed by atoms with Gasteiger partial charge in [-0.25, -0.2) is 0 Å². The summed E-state index contributed by atoms with van der Waals surface area (Å²) in [7, 11) is 1.40. The van der Waals surface area contributed by atoms with Gasteiger partial charge >= 0.3 is 5.97 Å². The molecule has 0 amide bonds. The van der Waals surface area contributed by atoms with E-state index in [4.69, 9.17) is 4.52 Å². The van der Waals surface area contributed by atoms with Crippen molar-refractivity contribution in [1.29, 1.82) is 0 Å². The number of hydrogen-bond donors (Lipinski definition) is 0. The van der Waals surface area contributed by atoms with E-state index in [1.165, 1.54) is 7.11 Å². The maximum atomic E-state index is 11.3. The number of carbonyl (C=O) groups is 1. The van der Waals surface area contributed by atoms with Gasteiger partial charge in [0.2, 0.25) is 0 Å². The highest BCUT2D eigenvalue weighted by Crippen LogP contribution is 2.19. The van der Waals surface area contributed by atoms with E-state index in [1.807, 2.05) is 37.3 Å². The zero-order valence-corrected chi connectivity index (χ0v) is 12.2. The molecular formula is C14H16N2O3S. The molecule has 0 bridgehead atoms. The van der Waals surface area contributed by atoms with Gasteiger partial charge in [-0.2, -0.15) is 16.7 Å². The third kappa shape index (κ3) is 3.84. The molecule has 1 aromatic carbocycles. The molecule has 2 rings (SSSR count). The first-order valence-corrected chi connectivity index (χ1v) is 7.39. The molecule has 0 aliphatic heterocycles. The van der Waals surface area contributed by atoms with Gasteiger partial charge in [-0.05, 0) is 12.1 Å². The molecule has 1 aromatic heterocycles. The summed E-state index contributed by atoms with van der Waals surface area (Å²) >= 11 is 1.58. The van der Waals surface area contributed by atoms with Gasteiger partial charge in [0.25, 0.3) is 5.89 Å². The topological polar surface area (TPSA) is 65.2 Å². The summed E-state index contributed by atoms with van der Waals surface area (Å²) in [4.78, 5) is 15.6. The molecule has 0 aliphatic rings. The maximum Gasteiger partial charge on any atom is 0.309 e. The molecule has 0 saturated heterocycles. The van der Waals surface area contributed by atoms with E-state index in [1.54, 1.807) is 11.8 Å². The fraction of sp³-hybridized carbons (Fsp3) is 0.357. The van der Waals surface area contributed by atoms with Gasteiger partial charge in [0.05, 0.1) is 18.8 Å². The van der Waals surface area contributed by atoms with Crippen LogP contribution >= 0.6 is 11.8 Å². The molecule has 0 fully saturated rings. The highest BCUT2D eigenvalue weighted by Gasteiger charge is 2.14. The van der Waals surface area contributed by atoms with E-state index >= 15 is 0 Å². The standard InChI is InChI=1S/C14H16N2O3S/c1-10(14(17)18-2)8-20-9-12-15-13(19-16-12)11-6-4-3-5-7-11/h3-7,10H,8-9H2,1-2H3/t10-/m1/s1. The minimum absolute atomic E-state index is 0.134. The van der Waals surface area contributed by atoms with Crippen LogP contribution in [0, 0.1) is 5.92 Å². The first-order valence-electron chi connectivity index (χ1n) is 6.24. The van der Waals surface area contributed by atoms with Gasteiger partial charge < -0.3 is 9.26 Å². The largest absolute Gasteiger partial charge is 0.469 e. The van der Waals surface area contributed by atoms with Crippen LogP contribution in [0.5, 0.6) is 0 Å². The summed E-state index contributed by atoms with van der Waals surface area (Å²) in [6.45, 7) is 1.84. The number of aromatic nitrogens is 2. The number of nitrogens with zero attached hydrogens (tertiary/aromatic N) is 2. The van der Waals surface area contributed by atoms with Crippen molar-refractivity contribution in [2.75, 3.05) is 12.9 Å². The van der Waals surface area contributed by atoms with Crippen LogP contribution in [0.1, 0.15) is 12.7 Å². The zero-order valence-electron chi connectivity index (χ0n) is 11.4. The first kappa shape index (κ1) is 14.6. The molecule has 0 saturated carbocycles. The van der Waals surface area contributed by atoms with Crippen LogP contribution in [-0.4, -0.2) is 29.0 Å². The van der Waals surface area contributed by atoms with Gasteiger partial charge in [0.1, 0.15) is 0 Å². The summed E-state index contributed by atoms with van der Waals surface area (Å²) < 4.78 is 9.89. The number of thioether (sulfide) groups is 1. The Morgan fingerprint density at radius 2 is 2.15 bits per heavy atom. The highest BCUT2D eigenvalue weighted by atomic mass is 32.2. The smallest absolute Gasteiger partial charge is 0.309 e. The third-order valence-corrected chi connectivity index (χ3v) is 3.89. The van der Waals surface area contributed by atoms with Gasteiger partial charge in [0, 0.05) is 11.3 Å². The Balaban J connectivity index is 1.86. The van der Waals surface area contributed by atoms with Crippen molar-refractivity contribution in [1.82, 2.24) is 10.1 Å². The average molecular weight is 292 g/mol. The number of carbonyl (C=O) groups excluding carboxylic acids is 1.